The van der Waals surface area contributed by atoms with Crippen molar-refractivity contribution in [2.24, 2.45) is 11.8 Å². The third-order valence-electron chi connectivity index (χ3n) is 14.1. The highest BCUT2D eigenvalue weighted by Gasteiger charge is 2.46. The summed E-state index contributed by atoms with van der Waals surface area (Å²) in [6.07, 6.45) is 14.9. The van der Waals surface area contributed by atoms with Crippen LogP contribution in [0.25, 0.3) is 22.3 Å². The molecule has 2 atom stereocenters. The molecule has 1 nitrogen and oxygen atoms in total. The van der Waals surface area contributed by atoms with Gasteiger partial charge in [-0.1, -0.05) is 172 Å². The summed E-state index contributed by atoms with van der Waals surface area (Å²) in [5, 5.41) is 1.68. The van der Waals surface area contributed by atoms with Crippen LogP contribution in [0.1, 0.15) is 229 Å². The molecule has 2 heteroatoms. The second-order valence-electron chi connectivity index (χ2n) is 20.1. The fourth-order valence-electron chi connectivity index (χ4n) is 10.9. The van der Waals surface area contributed by atoms with E-state index < -0.39 is 7.92 Å². The lowest BCUT2D eigenvalue weighted by Crippen LogP contribution is -2.41. The van der Waals surface area contributed by atoms with Gasteiger partial charge in [0.25, 0.3) is 0 Å². The van der Waals surface area contributed by atoms with Gasteiger partial charge in [0.15, 0.2) is 0 Å². The van der Waals surface area contributed by atoms with Crippen LogP contribution in [-0.2, 0) is 4.79 Å². The number of benzene rings is 3. The van der Waals surface area contributed by atoms with Crippen LogP contribution in [0.2, 0.25) is 0 Å². The Morgan fingerprint density at radius 2 is 0.800 bits per heavy atom. The number of Topliss-reactive ketones (excluding diaryl/α,β-unsaturated/α-hetero) is 1. The number of carbonyl (C=O) groups is 1. The maximum Gasteiger partial charge on any atom is 0.134 e. The monoisotopic (exact) mass is 761 g/mol. The molecule has 300 valence electrons. The van der Waals surface area contributed by atoms with Crippen molar-refractivity contribution in [2.75, 3.05) is 0 Å². The Morgan fingerprint density at radius 3 is 1.09 bits per heavy atom. The Bertz CT molecular complexity index is 1590. The topological polar surface area (TPSA) is 17.1 Å². The fraction of sp³-hybridized carbons (Fsp3) is 0.642. The first-order valence-corrected chi connectivity index (χ1v) is 24.5. The van der Waals surface area contributed by atoms with E-state index in [4.69, 9.17) is 0 Å². The quantitative estimate of drug-likeness (QED) is 0.178. The van der Waals surface area contributed by atoms with Crippen molar-refractivity contribution in [3.8, 4) is 22.3 Å². The lowest BCUT2D eigenvalue weighted by molar-refractivity contribution is -0.120. The van der Waals surface area contributed by atoms with Crippen LogP contribution in [0.15, 0.2) is 42.5 Å². The minimum absolute atomic E-state index is 0.412. The highest BCUT2D eigenvalue weighted by atomic mass is 31.1. The number of ketones is 1. The Kier molecular flexibility index (Phi) is 14.0. The van der Waals surface area contributed by atoms with Gasteiger partial charge in [-0.05, 0) is 145 Å². The van der Waals surface area contributed by atoms with Crippen LogP contribution in [0, 0.1) is 11.8 Å². The summed E-state index contributed by atoms with van der Waals surface area (Å²) in [7, 11) is -0.643. The molecule has 3 aliphatic rings. The van der Waals surface area contributed by atoms with E-state index in [0.717, 1.165) is 12.8 Å². The Morgan fingerprint density at radius 1 is 0.473 bits per heavy atom. The van der Waals surface area contributed by atoms with Crippen LogP contribution in [0.3, 0.4) is 0 Å². The van der Waals surface area contributed by atoms with Gasteiger partial charge in [-0.15, -0.1) is 0 Å². The molecule has 6 rings (SSSR count). The Labute approximate surface area is 339 Å². The van der Waals surface area contributed by atoms with Crippen LogP contribution in [0.4, 0.5) is 0 Å². The van der Waals surface area contributed by atoms with Crippen molar-refractivity contribution in [3.63, 3.8) is 0 Å². The predicted octanol–water partition coefficient (Wildman–Crippen LogP) is 16.1. The van der Waals surface area contributed by atoms with Crippen LogP contribution in [-0.4, -0.2) is 17.1 Å². The minimum atomic E-state index is -0.643. The maximum absolute atomic E-state index is 14.2. The average Bonchev–Trinajstić information content (AvgIpc) is 3.16. The van der Waals surface area contributed by atoms with Crippen molar-refractivity contribution >= 4 is 19.0 Å². The molecule has 0 spiro atoms. The third-order valence-corrected chi connectivity index (χ3v) is 17.7. The van der Waals surface area contributed by atoms with E-state index in [-0.39, 0.29) is 0 Å². The average molecular weight is 761 g/mol. The molecule has 0 bridgehead atoms. The lowest BCUT2D eigenvalue weighted by Gasteiger charge is -2.48. The predicted molar refractivity (Wildman–Crippen MR) is 243 cm³/mol. The van der Waals surface area contributed by atoms with Gasteiger partial charge < -0.3 is 0 Å². The van der Waals surface area contributed by atoms with Gasteiger partial charge in [-0.25, -0.2) is 0 Å². The summed E-state index contributed by atoms with van der Waals surface area (Å²) in [6, 6.07) is 17.9. The second-order valence-corrected chi connectivity index (χ2v) is 22.7. The van der Waals surface area contributed by atoms with E-state index in [1.54, 1.807) is 5.30 Å². The van der Waals surface area contributed by atoms with Gasteiger partial charge in [0.1, 0.15) is 5.78 Å². The summed E-state index contributed by atoms with van der Waals surface area (Å²) in [6.45, 7) is 28.9. The highest BCUT2D eigenvalue weighted by molar-refractivity contribution is 7.68. The van der Waals surface area contributed by atoms with Crippen molar-refractivity contribution in [2.45, 2.75) is 207 Å². The van der Waals surface area contributed by atoms with E-state index in [1.807, 2.05) is 0 Å². The van der Waals surface area contributed by atoms with E-state index in [9.17, 15) is 4.79 Å². The molecule has 0 amide bonds. The minimum Gasteiger partial charge on any atom is -0.300 e. The molecule has 1 aliphatic heterocycles. The second kappa shape index (κ2) is 18.1. The van der Waals surface area contributed by atoms with Gasteiger partial charge in [-0.3, -0.25) is 4.79 Å². The largest absolute Gasteiger partial charge is 0.300 e. The van der Waals surface area contributed by atoms with Gasteiger partial charge >= 0.3 is 0 Å². The molecule has 3 aromatic carbocycles. The van der Waals surface area contributed by atoms with E-state index in [0.29, 0.717) is 64.4 Å². The van der Waals surface area contributed by atoms with Crippen molar-refractivity contribution in [3.05, 3.63) is 75.8 Å². The molecule has 2 unspecified atom stereocenters. The first-order chi connectivity index (χ1) is 26.2. The molecule has 2 saturated carbocycles. The summed E-state index contributed by atoms with van der Waals surface area (Å²) < 4.78 is 0. The van der Waals surface area contributed by atoms with Crippen LogP contribution >= 0.6 is 7.92 Å². The zero-order valence-corrected chi connectivity index (χ0v) is 38.1. The first kappa shape index (κ1) is 42.4. The van der Waals surface area contributed by atoms with Crippen LogP contribution in [0.5, 0.6) is 0 Å². The summed E-state index contributed by atoms with van der Waals surface area (Å²) in [5.74, 6) is 4.50. The summed E-state index contributed by atoms with van der Waals surface area (Å²) >= 11 is 0. The summed E-state index contributed by atoms with van der Waals surface area (Å²) in [4.78, 5) is 14.2. The normalized spacial score (nSPS) is 22.0. The molecular formula is C53H77OP. The molecule has 0 N–H and O–H groups in total. The van der Waals surface area contributed by atoms with E-state index in [2.05, 4.69) is 126 Å². The van der Waals surface area contributed by atoms with Gasteiger partial charge in [0.2, 0.25) is 0 Å². The molecule has 3 aromatic rings. The molecular weight excluding hydrogens is 684 g/mol. The fourth-order valence-corrected chi connectivity index (χ4v) is 15.3. The first-order valence-electron chi connectivity index (χ1n) is 23.0. The van der Waals surface area contributed by atoms with Gasteiger partial charge in [0.05, 0.1) is 0 Å². The summed E-state index contributed by atoms with van der Waals surface area (Å²) in [5.41, 5.74) is 16.0. The molecule has 1 heterocycles. The standard InChI is InChI=1S/C53H77OP/c1-32(2)40-26-45(34(5)6)51(46(27-40)35(7)8)43-24-19-25-44(52-47(36(9)10)28-41(33(3)4)29-48(52)37(11)12)53(43)55-49(38-20-15-13-16-21-38)30-42(54)31-50(55)39-22-17-14-18-23-39/h19,24-29,32-39,49-50H,13-18,20-23,30-31H2,1-12H3. The zero-order valence-electron chi connectivity index (χ0n) is 37.2. The van der Waals surface area contributed by atoms with Crippen molar-refractivity contribution in [1.29, 1.82) is 0 Å². The molecule has 3 fully saturated rings. The smallest absolute Gasteiger partial charge is 0.134 e. The zero-order chi connectivity index (χ0) is 39.7. The van der Waals surface area contributed by atoms with E-state index >= 15 is 0 Å². The third kappa shape index (κ3) is 8.94. The molecule has 0 radical (unpaired) electrons. The number of hydrogen-bond donors (Lipinski definition) is 0. The maximum atomic E-state index is 14.2. The number of carbonyl (C=O) groups excluding carboxylic acids is 1. The molecule has 1 saturated heterocycles. The van der Waals surface area contributed by atoms with Gasteiger partial charge in [-0.2, -0.15) is 0 Å². The van der Waals surface area contributed by atoms with Crippen LogP contribution < -0.4 is 5.30 Å². The molecule has 0 aromatic heterocycles. The number of hydrogen-bond acceptors (Lipinski definition) is 1. The van der Waals surface area contributed by atoms with Crippen molar-refractivity contribution < 1.29 is 4.79 Å². The Hall–Kier alpha value is -2.24. The highest BCUT2D eigenvalue weighted by Crippen LogP contribution is 2.63. The molecule has 2 aliphatic carbocycles. The van der Waals surface area contributed by atoms with Crippen molar-refractivity contribution in [1.82, 2.24) is 0 Å². The van der Waals surface area contributed by atoms with Gasteiger partial charge in [0, 0.05) is 12.8 Å². The molecule has 55 heavy (non-hydrogen) atoms. The SMILES string of the molecule is CC(C)c1cc(C(C)C)c(-c2cccc(-c3c(C(C)C)cc(C(C)C)cc3C(C)C)c2P2C(C3CCCCC3)CC(=O)CC2C2CCCCC2)c(C(C)C)c1. The number of rotatable bonds is 11. The Balaban J connectivity index is 1.79. The van der Waals surface area contributed by atoms with E-state index in [1.165, 1.54) is 120 Å². The lowest BCUT2D eigenvalue weighted by atomic mass is 9.79.